The summed E-state index contributed by atoms with van der Waals surface area (Å²) < 4.78 is 4.93. The third-order valence-corrected chi connectivity index (χ3v) is 9.13. The lowest BCUT2D eigenvalue weighted by atomic mass is 9.81. The second-order valence-corrected chi connectivity index (χ2v) is 11.9. The summed E-state index contributed by atoms with van der Waals surface area (Å²) in [4.78, 5) is 31.3. The van der Waals surface area contributed by atoms with Crippen LogP contribution in [0.25, 0.3) is 11.0 Å². The molecule has 1 saturated heterocycles. The second-order valence-electron chi connectivity index (χ2n) is 11.0. The SMILES string of the molecule is Cc1cc2c(cc1C)[n+](CC(=O)c1ccc(Br)cc1)cn2CC(=O)N1CCC2(C)c3ccccc3N(C)C12.[Br-]. The lowest BCUT2D eigenvalue weighted by Gasteiger charge is -2.34. The number of likely N-dealkylation sites (tertiary alicyclic amines) is 1. The van der Waals surface area contributed by atoms with Gasteiger partial charge in [0.1, 0.15) is 6.17 Å². The number of amides is 1. The Labute approximate surface area is 248 Å². The van der Waals surface area contributed by atoms with E-state index in [-0.39, 0.29) is 53.3 Å². The molecule has 1 amide bonds. The smallest absolute Gasteiger partial charge is 0.266 e. The van der Waals surface area contributed by atoms with Crippen LogP contribution in [-0.2, 0) is 23.3 Å². The number of imidazole rings is 1. The number of carbonyl (C=O) groups excluding carboxylic acids is 2. The molecular formula is C31H32Br2N4O2. The summed E-state index contributed by atoms with van der Waals surface area (Å²) in [5, 5.41) is 0. The topological polar surface area (TPSA) is 49.4 Å². The minimum atomic E-state index is -0.0789. The first-order chi connectivity index (χ1) is 18.2. The minimum absolute atomic E-state index is 0. The van der Waals surface area contributed by atoms with Gasteiger partial charge in [0, 0.05) is 34.7 Å². The highest BCUT2D eigenvalue weighted by Crippen LogP contribution is 2.51. The first-order valence-electron chi connectivity index (χ1n) is 13.1. The van der Waals surface area contributed by atoms with Crippen molar-refractivity contribution in [2.45, 2.75) is 51.9 Å². The van der Waals surface area contributed by atoms with Gasteiger partial charge in [-0.3, -0.25) is 9.59 Å². The number of carbonyl (C=O) groups is 2. The van der Waals surface area contributed by atoms with Gasteiger partial charge in [0.05, 0.1) is 0 Å². The monoisotopic (exact) mass is 650 g/mol. The Kier molecular flexibility index (Phi) is 7.22. The van der Waals surface area contributed by atoms with Gasteiger partial charge in [-0.15, -0.1) is 0 Å². The van der Waals surface area contributed by atoms with Crippen molar-refractivity contribution in [3.63, 3.8) is 0 Å². The van der Waals surface area contributed by atoms with Crippen molar-refractivity contribution in [3.05, 3.63) is 93.7 Å². The van der Waals surface area contributed by atoms with E-state index in [1.54, 1.807) is 0 Å². The number of anilines is 1. The van der Waals surface area contributed by atoms with Crippen LogP contribution in [0.3, 0.4) is 0 Å². The number of likely N-dealkylation sites (N-methyl/N-ethyl adjacent to an activating group) is 1. The highest BCUT2D eigenvalue weighted by Gasteiger charge is 2.54. The van der Waals surface area contributed by atoms with Crippen LogP contribution in [0.4, 0.5) is 5.69 Å². The maximum absolute atomic E-state index is 13.9. The molecule has 3 heterocycles. The molecule has 202 valence electrons. The molecule has 6 nitrogen and oxygen atoms in total. The number of hydrogen-bond donors (Lipinski definition) is 0. The van der Waals surface area contributed by atoms with Crippen LogP contribution >= 0.6 is 15.9 Å². The first-order valence-corrected chi connectivity index (χ1v) is 13.9. The van der Waals surface area contributed by atoms with E-state index in [9.17, 15) is 9.59 Å². The van der Waals surface area contributed by atoms with E-state index >= 15 is 0 Å². The Balaban J connectivity index is 0.00000308. The number of nitrogens with zero attached hydrogens (tertiary/aromatic N) is 4. The van der Waals surface area contributed by atoms with Crippen LogP contribution in [0, 0.1) is 13.8 Å². The highest BCUT2D eigenvalue weighted by atomic mass is 79.9. The molecular weight excluding hydrogens is 620 g/mol. The van der Waals surface area contributed by atoms with Gasteiger partial charge in [0.15, 0.2) is 24.1 Å². The third kappa shape index (κ3) is 4.51. The third-order valence-electron chi connectivity index (χ3n) is 8.60. The Bertz CT molecular complexity index is 1600. The van der Waals surface area contributed by atoms with Crippen LogP contribution in [0.5, 0.6) is 0 Å². The number of aromatic nitrogens is 2. The number of fused-ring (bicyclic) bond motifs is 4. The first kappa shape index (κ1) is 27.6. The lowest BCUT2D eigenvalue weighted by Crippen LogP contribution is -3.00. The standard InChI is InChI=1S/C31H32BrN4O2.BrH/c1-20-15-26-27(16-21(20)2)35(19-34(26)17-28(37)22-9-11-23(32)12-10-22)18-29(38)36-14-13-31(3)24-7-5-6-8-25(24)33(4)30(31)36;/h5-12,15-16,19,30H,13-14,17-18H2,1-4H3;1H/q+1;/p-1. The van der Waals surface area contributed by atoms with Crippen LogP contribution in [-0.4, -0.2) is 40.9 Å². The van der Waals surface area contributed by atoms with Crippen LogP contribution in [0.15, 0.2) is 71.5 Å². The van der Waals surface area contributed by atoms with Crippen molar-refractivity contribution in [1.29, 1.82) is 0 Å². The van der Waals surface area contributed by atoms with E-state index in [2.05, 4.69) is 85.0 Å². The fraction of sp³-hybridized carbons (Fsp3) is 0.323. The number of rotatable bonds is 5. The average Bonchev–Trinajstić information content (AvgIpc) is 3.48. The molecule has 1 aromatic heterocycles. The molecule has 2 aliphatic rings. The molecule has 8 heteroatoms. The zero-order valence-corrected chi connectivity index (χ0v) is 25.8. The number of halogens is 2. The van der Waals surface area contributed by atoms with E-state index in [0.29, 0.717) is 5.56 Å². The Morgan fingerprint density at radius 2 is 1.74 bits per heavy atom. The minimum Gasteiger partial charge on any atom is -1.00 e. The van der Waals surface area contributed by atoms with E-state index < -0.39 is 0 Å². The molecule has 0 spiro atoms. The highest BCUT2D eigenvalue weighted by molar-refractivity contribution is 9.10. The maximum atomic E-state index is 13.9. The van der Waals surface area contributed by atoms with Crippen LogP contribution < -0.4 is 26.4 Å². The van der Waals surface area contributed by atoms with Gasteiger partial charge in [0.25, 0.3) is 5.91 Å². The average molecular weight is 652 g/mol. The molecule has 0 N–H and O–H groups in total. The quantitative estimate of drug-likeness (QED) is 0.246. The van der Waals surface area contributed by atoms with Crippen molar-refractivity contribution in [2.24, 2.45) is 0 Å². The van der Waals surface area contributed by atoms with Crippen LogP contribution in [0.2, 0.25) is 0 Å². The molecule has 39 heavy (non-hydrogen) atoms. The van der Waals surface area contributed by atoms with E-state index in [4.69, 9.17) is 0 Å². The van der Waals surface area contributed by atoms with Gasteiger partial charge in [-0.05, 0) is 67.3 Å². The molecule has 2 aliphatic heterocycles. The number of aryl methyl sites for hydroxylation is 2. The molecule has 0 bridgehead atoms. The Morgan fingerprint density at radius 3 is 2.49 bits per heavy atom. The van der Waals surface area contributed by atoms with Crippen LogP contribution in [0.1, 0.15) is 40.4 Å². The number of benzene rings is 3. The van der Waals surface area contributed by atoms with Gasteiger partial charge in [0.2, 0.25) is 12.1 Å². The molecule has 3 aromatic carbocycles. The summed E-state index contributed by atoms with van der Waals surface area (Å²) in [5.41, 5.74) is 7.37. The van der Waals surface area contributed by atoms with Crippen molar-refractivity contribution >= 4 is 44.3 Å². The van der Waals surface area contributed by atoms with E-state index in [1.807, 2.05) is 44.6 Å². The lowest BCUT2D eigenvalue weighted by molar-refractivity contribution is -0.657. The molecule has 4 aromatic rings. The molecule has 0 radical (unpaired) electrons. The van der Waals surface area contributed by atoms with Gasteiger partial charge < -0.3 is 26.8 Å². The normalized spacial score (nSPS) is 19.7. The van der Waals surface area contributed by atoms with Gasteiger partial charge >= 0.3 is 0 Å². The molecule has 2 atom stereocenters. The van der Waals surface area contributed by atoms with Crippen molar-refractivity contribution in [3.8, 4) is 0 Å². The van der Waals surface area contributed by atoms with Crippen molar-refractivity contribution in [1.82, 2.24) is 9.47 Å². The molecule has 0 aliphatic carbocycles. The van der Waals surface area contributed by atoms with Crippen molar-refractivity contribution < 1.29 is 31.1 Å². The maximum Gasteiger partial charge on any atom is 0.266 e. The number of hydrogen-bond acceptors (Lipinski definition) is 3. The number of ketones is 1. The predicted octanol–water partition coefficient (Wildman–Crippen LogP) is 2.16. The molecule has 6 rings (SSSR count). The van der Waals surface area contributed by atoms with E-state index in [1.165, 1.54) is 11.3 Å². The summed E-state index contributed by atoms with van der Waals surface area (Å²) in [6, 6.07) is 20.2. The van der Waals surface area contributed by atoms with Gasteiger partial charge in [-0.25, -0.2) is 9.13 Å². The molecule has 1 fully saturated rings. The summed E-state index contributed by atoms with van der Waals surface area (Å²) in [5.74, 6) is 0.131. The summed E-state index contributed by atoms with van der Waals surface area (Å²) >= 11 is 3.44. The van der Waals surface area contributed by atoms with E-state index in [0.717, 1.165) is 39.6 Å². The number of para-hydroxylation sites is 1. The number of Topliss-reactive ketones (excluding diaryl/α,β-unsaturated/α-hetero) is 1. The summed E-state index contributed by atoms with van der Waals surface area (Å²) in [6.07, 6.45) is 2.88. The zero-order chi connectivity index (χ0) is 26.8. The second kappa shape index (κ2) is 10.2. The van der Waals surface area contributed by atoms with Crippen molar-refractivity contribution in [2.75, 3.05) is 18.5 Å². The predicted molar refractivity (Wildman–Crippen MR) is 152 cm³/mol. The molecule has 2 unspecified atom stereocenters. The Morgan fingerprint density at radius 1 is 1.05 bits per heavy atom. The summed E-state index contributed by atoms with van der Waals surface area (Å²) in [6.45, 7) is 7.63. The fourth-order valence-electron chi connectivity index (χ4n) is 6.42. The fourth-order valence-corrected chi connectivity index (χ4v) is 6.69. The largest absolute Gasteiger partial charge is 1.00 e. The van der Waals surface area contributed by atoms with Gasteiger partial charge in [-0.2, -0.15) is 0 Å². The Hall–Kier alpha value is -2.97. The zero-order valence-electron chi connectivity index (χ0n) is 22.6. The molecule has 0 saturated carbocycles. The van der Waals surface area contributed by atoms with Gasteiger partial charge in [-0.1, -0.05) is 53.2 Å². The summed E-state index contributed by atoms with van der Waals surface area (Å²) in [7, 11) is 2.10.